The van der Waals surface area contributed by atoms with Crippen LogP contribution in [0.3, 0.4) is 0 Å². The van der Waals surface area contributed by atoms with Crippen LogP contribution in [0.1, 0.15) is 32.3 Å². The van der Waals surface area contributed by atoms with E-state index < -0.39 is 0 Å². The van der Waals surface area contributed by atoms with Gasteiger partial charge >= 0.3 is 0 Å². The predicted octanol–water partition coefficient (Wildman–Crippen LogP) is 4.69. The van der Waals surface area contributed by atoms with E-state index in [0.717, 1.165) is 23.4 Å². The molecule has 0 fully saturated rings. The van der Waals surface area contributed by atoms with Gasteiger partial charge in [-0.2, -0.15) is 0 Å². The summed E-state index contributed by atoms with van der Waals surface area (Å²) in [7, 11) is 1.75. The van der Waals surface area contributed by atoms with Crippen LogP contribution in [0, 0.1) is 11.8 Å². The third kappa shape index (κ3) is 5.12. The van der Waals surface area contributed by atoms with Gasteiger partial charge in [0.2, 0.25) is 0 Å². The van der Waals surface area contributed by atoms with Crippen LogP contribution in [0.15, 0.2) is 24.3 Å². The molecule has 1 unspecified atom stereocenters. The lowest BCUT2D eigenvalue weighted by Crippen LogP contribution is -2.08. The zero-order valence-corrected chi connectivity index (χ0v) is 12.7. The zero-order chi connectivity index (χ0) is 12.7. The number of ether oxygens (including phenoxy) is 1. The lowest BCUT2D eigenvalue weighted by atomic mass is 9.93. The van der Waals surface area contributed by atoms with E-state index in [1.807, 2.05) is 12.1 Å². The fourth-order valence-corrected chi connectivity index (χ4v) is 2.54. The largest absolute Gasteiger partial charge is 0.496 e. The van der Waals surface area contributed by atoms with Crippen molar-refractivity contribution >= 4 is 15.9 Å². The van der Waals surface area contributed by atoms with Crippen LogP contribution in [0.2, 0.25) is 0 Å². The van der Waals surface area contributed by atoms with Crippen LogP contribution in [0.5, 0.6) is 5.75 Å². The summed E-state index contributed by atoms with van der Waals surface area (Å²) >= 11 is 3.63. The summed E-state index contributed by atoms with van der Waals surface area (Å²) in [6, 6.07) is 8.33. The van der Waals surface area contributed by atoms with Crippen molar-refractivity contribution in [2.24, 2.45) is 11.8 Å². The molecule has 0 N–H and O–H groups in total. The Morgan fingerprint density at radius 1 is 1.18 bits per heavy atom. The highest BCUT2D eigenvalue weighted by Crippen LogP contribution is 2.25. The number of benzene rings is 1. The lowest BCUT2D eigenvalue weighted by molar-refractivity contribution is 0.400. The van der Waals surface area contributed by atoms with E-state index in [1.54, 1.807) is 7.11 Å². The van der Waals surface area contributed by atoms with Gasteiger partial charge in [0.25, 0.3) is 0 Å². The van der Waals surface area contributed by atoms with E-state index in [2.05, 4.69) is 41.9 Å². The molecule has 17 heavy (non-hydrogen) atoms. The number of para-hydroxylation sites is 1. The van der Waals surface area contributed by atoms with Crippen LogP contribution < -0.4 is 4.74 Å². The molecule has 1 aromatic rings. The molecule has 0 radical (unpaired) electrons. The minimum Gasteiger partial charge on any atom is -0.496 e. The molecule has 0 aliphatic rings. The van der Waals surface area contributed by atoms with E-state index in [0.29, 0.717) is 5.92 Å². The first-order valence-corrected chi connectivity index (χ1v) is 7.47. The van der Waals surface area contributed by atoms with Gasteiger partial charge < -0.3 is 4.74 Å². The number of rotatable bonds is 7. The SMILES string of the molecule is COc1ccccc1CC(CBr)CCC(C)C. The van der Waals surface area contributed by atoms with Crippen LogP contribution in [-0.2, 0) is 6.42 Å². The average Bonchev–Trinajstić information content (AvgIpc) is 2.34. The third-order valence-electron chi connectivity index (χ3n) is 3.07. The van der Waals surface area contributed by atoms with Gasteiger partial charge in [-0.15, -0.1) is 0 Å². The van der Waals surface area contributed by atoms with Gasteiger partial charge in [-0.05, 0) is 36.3 Å². The molecular formula is C15H23BrO. The van der Waals surface area contributed by atoms with Crippen molar-refractivity contribution in [1.82, 2.24) is 0 Å². The first-order valence-electron chi connectivity index (χ1n) is 6.35. The Morgan fingerprint density at radius 3 is 2.47 bits per heavy atom. The summed E-state index contributed by atoms with van der Waals surface area (Å²) in [4.78, 5) is 0. The molecule has 1 atom stereocenters. The van der Waals surface area contributed by atoms with Gasteiger partial charge in [-0.1, -0.05) is 54.4 Å². The molecule has 2 heteroatoms. The molecule has 0 aliphatic carbocycles. The summed E-state index contributed by atoms with van der Waals surface area (Å²) < 4.78 is 5.40. The second kappa shape index (κ2) is 7.75. The number of halogens is 1. The maximum Gasteiger partial charge on any atom is 0.122 e. The number of alkyl halides is 1. The Bertz CT molecular complexity index is 322. The highest BCUT2D eigenvalue weighted by molar-refractivity contribution is 9.09. The summed E-state index contributed by atoms with van der Waals surface area (Å²) in [6.07, 6.45) is 3.67. The first kappa shape index (κ1) is 14.6. The fraction of sp³-hybridized carbons (Fsp3) is 0.600. The van der Waals surface area contributed by atoms with Gasteiger partial charge in [0.05, 0.1) is 7.11 Å². The summed E-state index contributed by atoms with van der Waals surface area (Å²) in [6.45, 7) is 4.57. The second-order valence-electron chi connectivity index (χ2n) is 5.01. The molecule has 96 valence electrons. The Hall–Kier alpha value is -0.500. The van der Waals surface area contributed by atoms with Crippen molar-refractivity contribution in [3.8, 4) is 5.75 Å². The third-order valence-corrected chi connectivity index (χ3v) is 3.99. The quantitative estimate of drug-likeness (QED) is 0.664. The van der Waals surface area contributed by atoms with Crippen molar-refractivity contribution in [1.29, 1.82) is 0 Å². The zero-order valence-electron chi connectivity index (χ0n) is 11.1. The van der Waals surface area contributed by atoms with Crippen LogP contribution in [0.4, 0.5) is 0 Å². The fourth-order valence-electron chi connectivity index (χ4n) is 1.99. The molecule has 0 aliphatic heterocycles. The van der Waals surface area contributed by atoms with Gasteiger partial charge in [0.15, 0.2) is 0 Å². The van der Waals surface area contributed by atoms with Crippen molar-refractivity contribution in [3.05, 3.63) is 29.8 Å². The lowest BCUT2D eigenvalue weighted by Gasteiger charge is -2.17. The van der Waals surface area contributed by atoms with E-state index in [1.165, 1.54) is 18.4 Å². The summed E-state index contributed by atoms with van der Waals surface area (Å²) in [5.41, 5.74) is 1.32. The Labute approximate surface area is 114 Å². The first-order chi connectivity index (χ1) is 8.17. The molecule has 0 bridgehead atoms. The maximum atomic E-state index is 5.40. The van der Waals surface area contributed by atoms with Crippen molar-refractivity contribution in [2.75, 3.05) is 12.4 Å². The van der Waals surface area contributed by atoms with E-state index >= 15 is 0 Å². The highest BCUT2D eigenvalue weighted by atomic mass is 79.9. The van der Waals surface area contributed by atoms with Crippen LogP contribution in [0.25, 0.3) is 0 Å². The number of hydrogen-bond donors (Lipinski definition) is 0. The minimum atomic E-state index is 0.702. The molecule has 1 nitrogen and oxygen atoms in total. The van der Waals surface area contributed by atoms with Gasteiger partial charge in [-0.3, -0.25) is 0 Å². The maximum absolute atomic E-state index is 5.40. The predicted molar refractivity (Wildman–Crippen MR) is 78.1 cm³/mol. The average molecular weight is 299 g/mol. The molecule has 0 saturated heterocycles. The monoisotopic (exact) mass is 298 g/mol. The molecule has 1 aromatic carbocycles. The van der Waals surface area contributed by atoms with Crippen molar-refractivity contribution in [2.45, 2.75) is 33.1 Å². The Balaban J connectivity index is 2.60. The van der Waals surface area contributed by atoms with E-state index in [-0.39, 0.29) is 0 Å². The van der Waals surface area contributed by atoms with Crippen molar-refractivity contribution in [3.63, 3.8) is 0 Å². The van der Waals surface area contributed by atoms with Gasteiger partial charge in [0.1, 0.15) is 5.75 Å². The number of methoxy groups -OCH3 is 1. The summed E-state index contributed by atoms with van der Waals surface area (Å²) in [5, 5.41) is 1.07. The normalized spacial score (nSPS) is 12.8. The Kier molecular flexibility index (Phi) is 6.64. The molecule has 0 spiro atoms. The smallest absolute Gasteiger partial charge is 0.122 e. The van der Waals surface area contributed by atoms with E-state index in [4.69, 9.17) is 4.74 Å². The van der Waals surface area contributed by atoms with E-state index in [9.17, 15) is 0 Å². The Morgan fingerprint density at radius 2 is 1.88 bits per heavy atom. The van der Waals surface area contributed by atoms with Crippen LogP contribution >= 0.6 is 15.9 Å². The molecule has 0 aromatic heterocycles. The minimum absolute atomic E-state index is 0.702. The molecule has 0 amide bonds. The summed E-state index contributed by atoms with van der Waals surface area (Å²) in [5.74, 6) is 2.51. The topological polar surface area (TPSA) is 9.23 Å². The molecular weight excluding hydrogens is 276 g/mol. The van der Waals surface area contributed by atoms with Crippen LogP contribution in [-0.4, -0.2) is 12.4 Å². The van der Waals surface area contributed by atoms with Crippen molar-refractivity contribution < 1.29 is 4.74 Å². The molecule has 1 rings (SSSR count). The van der Waals surface area contributed by atoms with Gasteiger partial charge in [-0.25, -0.2) is 0 Å². The van der Waals surface area contributed by atoms with Gasteiger partial charge in [0, 0.05) is 5.33 Å². The second-order valence-corrected chi connectivity index (χ2v) is 5.65. The molecule has 0 heterocycles. The molecule has 0 saturated carbocycles. The standard InChI is InChI=1S/C15H23BrO/c1-12(2)8-9-13(11-16)10-14-6-4-5-7-15(14)17-3/h4-7,12-13H,8-11H2,1-3H3. The highest BCUT2D eigenvalue weighted by Gasteiger charge is 2.12. The number of hydrogen-bond acceptors (Lipinski definition) is 1.